The van der Waals surface area contributed by atoms with Gasteiger partial charge >= 0.3 is 5.76 Å². The molecule has 0 aromatic carbocycles. The van der Waals surface area contributed by atoms with E-state index in [0.29, 0.717) is 12.8 Å². The van der Waals surface area contributed by atoms with Crippen LogP contribution in [0.4, 0.5) is 8.78 Å². The summed E-state index contributed by atoms with van der Waals surface area (Å²) in [6.07, 6.45) is 1.87. The van der Waals surface area contributed by atoms with Crippen LogP contribution in [0.1, 0.15) is 19.3 Å². The van der Waals surface area contributed by atoms with E-state index in [9.17, 15) is 17.2 Å². The van der Waals surface area contributed by atoms with E-state index in [-0.39, 0.29) is 10.9 Å². The Morgan fingerprint density at radius 3 is 2.53 bits per heavy atom. The summed E-state index contributed by atoms with van der Waals surface area (Å²) in [5, 5.41) is 0. The van der Waals surface area contributed by atoms with Crippen LogP contribution in [0.15, 0.2) is 0 Å². The van der Waals surface area contributed by atoms with Gasteiger partial charge in [-0.2, -0.15) is 8.78 Å². The van der Waals surface area contributed by atoms with E-state index in [1.165, 1.54) is 0 Å². The second-order valence-corrected chi connectivity index (χ2v) is 5.62. The Hall–Kier alpha value is -0.340. The lowest BCUT2D eigenvalue weighted by Crippen LogP contribution is -2.43. The highest BCUT2D eigenvalue weighted by atomic mass is 32.2. The molecule has 0 aromatic heterocycles. The molecule has 1 saturated carbocycles. The number of hydrogen-bond acceptors (Lipinski definition) is 3. The molecule has 0 spiro atoms. The van der Waals surface area contributed by atoms with Crippen molar-refractivity contribution >= 4 is 27.2 Å². The van der Waals surface area contributed by atoms with E-state index in [2.05, 4.69) is 0 Å². The largest absolute Gasteiger partial charge is 0.393 e. The average Bonchev–Trinajstić information content (AvgIpc) is 2.51. The maximum absolute atomic E-state index is 12.1. The van der Waals surface area contributed by atoms with Gasteiger partial charge in [-0.15, -0.1) is 0 Å². The van der Waals surface area contributed by atoms with Crippen molar-refractivity contribution in [1.82, 2.24) is 4.72 Å². The van der Waals surface area contributed by atoms with Crippen molar-refractivity contribution in [3.63, 3.8) is 0 Å². The van der Waals surface area contributed by atoms with Crippen LogP contribution < -0.4 is 10.5 Å². The minimum absolute atomic E-state index is 0.175. The highest BCUT2D eigenvalue weighted by Gasteiger charge is 2.35. The van der Waals surface area contributed by atoms with Crippen molar-refractivity contribution in [2.45, 2.75) is 31.1 Å². The SMILES string of the molecule is NC(=S)C1CCCC1NS(=O)(=O)C(F)F. The van der Waals surface area contributed by atoms with Gasteiger partial charge in [0.1, 0.15) is 0 Å². The summed E-state index contributed by atoms with van der Waals surface area (Å²) in [5.74, 6) is -3.72. The molecule has 3 N–H and O–H groups in total. The summed E-state index contributed by atoms with van der Waals surface area (Å²) in [7, 11) is -4.55. The molecule has 0 aliphatic heterocycles. The molecule has 2 unspecified atom stereocenters. The highest BCUT2D eigenvalue weighted by molar-refractivity contribution is 7.89. The van der Waals surface area contributed by atoms with Crippen LogP contribution in [0, 0.1) is 5.92 Å². The smallest absolute Gasteiger partial charge is 0.350 e. The van der Waals surface area contributed by atoms with E-state index < -0.39 is 21.8 Å². The highest BCUT2D eigenvalue weighted by Crippen LogP contribution is 2.27. The molecule has 8 heteroatoms. The van der Waals surface area contributed by atoms with Gasteiger partial charge < -0.3 is 5.73 Å². The first-order chi connectivity index (χ1) is 6.84. The van der Waals surface area contributed by atoms with Crippen molar-refractivity contribution in [2.75, 3.05) is 0 Å². The summed E-state index contributed by atoms with van der Waals surface area (Å²) in [6, 6.07) is -0.582. The Bertz CT molecular complexity index is 345. The normalized spacial score (nSPS) is 27.1. The molecule has 0 heterocycles. The van der Waals surface area contributed by atoms with Gasteiger partial charge in [0.25, 0.3) is 10.0 Å². The lowest BCUT2D eigenvalue weighted by atomic mass is 10.1. The summed E-state index contributed by atoms with van der Waals surface area (Å²) < 4.78 is 47.9. The van der Waals surface area contributed by atoms with Crippen LogP contribution >= 0.6 is 12.2 Å². The Morgan fingerprint density at radius 2 is 2.07 bits per heavy atom. The zero-order chi connectivity index (χ0) is 11.6. The number of thiocarbonyl (C=S) groups is 1. The number of hydrogen-bond donors (Lipinski definition) is 2. The number of nitrogens with one attached hydrogen (secondary N) is 1. The lowest BCUT2D eigenvalue weighted by Gasteiger charge is -2.19. The van der Waals surface area contributed by atoms with Crippen LogP contribution in [0.25, 0.3) is 0 Å². The van der Waals surface area contributed by atoms with Gasteiger partial charge in [-0.05, 0) is 12.8 Å². The molecule has 1 fully saturated rings. The van der Waals surface area contributed by atoms with E-state index in [4.69, 9.17) is 18.0 Å². The van der Waals surface area contributed by atoms with Crippen molar-refractivity contribution in [3.8, 4) is 0 Å². The van der Waals surface area contributed by atoms with E-state index in [0.717, 1.165) is 6.42 Å². The predicted octanol–water partition coefficient (Wildman–Crippen LogP) is 0.583. The third-order valence-electron chi connectivity index (χ3n) is 2.43. The van der Waals surface area contributed by atoms with E-state index in [1.54, 1.807) is 0 Å². The topological polar surface area (TPSA) is 72.2 Å². The van der Waals surface area contributed by atoms with Gasteiger partial charge in [0.2, 0.25) is 0 Å². The van der Waals surface area contributed by atoms with Crippen molar-refractivity contribution in [3.05, 3.63) is 0 Å². The second-order valence-electron chi connectivity index (χ2n) is 3.47. The molecule has 88 valence electrons. The first-order valence-electron chi connectivity index (χ1n) is 4.43. The number of rotatable bonds is 4. The summed E-state index contributed by atoms with van der Waals surface area (Å²) >= 11 is 4.74. The Morgan fingerprint density at radius 1 is 1.47 bits per heavy atom. The number of halogens is 2. The van der Waals surface area contributed by atoms with Gasteiger partial charge in [0.05, 0.1) is 4.99 Å². The van der Waals surface area contributed by atoms with Crippen LogP contribution in [0.3, 0.4) is 0 Å². The molecule has 0 radical (unpaired) electrons. The minimum atomic E-state index is -4.55. The second kappa shape index (κ2) is 4.67. The minimum Gasteiger partial charge on any atom is -0.393 e. The molecular weight excluding hydrogens is 246 g/mol. The van der Waals surface area contributed by atoms with Crippen LogP contribution in [-0.4, -0.2) is 25.2 Å². The fourth-order valence-corrected chi connectivity index (χ4v) is 2.79. The first kappa shape index (κ1) is 12.7. The van der Waals surface area contributed by atoms with Crippen LogP contribution in [0.2, 0.25) is 0 Å². The van der Waals surface area contributed by atoms with Gasteiger partial charge in [0, 0.05) is 12.0 Å². The molecular formula is C7H12F2N2O2S2. The quantitative estimate of drug-likeness (QED) is 0.724. The van der Waals surface area contributed by atoms with Crippen LogP contribution in [-0.2, 0) is 10.0 Å². The molecule has 1 aliphatic rings. The molecule has 0 amide bonds. The van der Waals surface area contributed by atoms with E-state index >= 15 is 0 Å². The van der Waals surface area contributed by atoms with Crippen LogP contribution in [0.5, 0.6) is 0 Å². The lowest BCUT2D eigenvalue weighted by molar-refractivity contribution is 0.231. The van der Waals surface area contributed by atoms with E-state index in [1.807, 2.05) is 4.72 Å². The Labute approximate surface area is 92.3 Å². The van der Waals surface area contributed by atoms with Gasteiger partial charge in [0.15, 0.2) is 0 Å². The molecule has 0 bridgehead atoms. The third kappa shape index (κ3) is 3.05. The standard InChI is InChI=1S/C7H12F2N2O2S2/c8-7(9)15(12,13)11-5-3-1-2-4(5)6(10)14/h4-5,7,11H,1-3H2,(H2,10,14). The Kier molecular flexibility index (Phi) is 3.96. The molecule has 1 aliphatic carbocycles. The zero-order valence-electron chi connectivity index (χ0n) is 7.82. The molecule has 0 aromatic rings. The van der Waals surface area contributed by atoms with Crippen molar-refractivity contribution in [2.24, 2.45) is 11.7 Å². The molecule has 0 saturated heterocycles. The Balaban J connectivity index is 2.70. The van der Waals surface area contributed by atoms with Crippen molar-refractivity contribution < 1.29 is 17.2 Å². The fraction of sp³-hybridized carbons (Fsp3) is 0.857. The van der Waals surface area contributed by atoms with Gasteiger partial charge in [-0.3, -0.25) is 0 Å². The summed E-state index contributed by atoms with van der Waals surface area (Å²) in [6.45, 7) is 0. The van der Waals surface area contributed by atoms with Crippen molar-refractivity contribution in [1.29, 1.82) is 0 Å². The monoisotopic (exact) mass is 258 g/mol. The summed E-state index contributed by atoms with van der Waals surface area (Å²) in [5.41, 5.74) is 5.39. The molecule has 2 atom stereocenters. The molecule has 15 heavy (non-hydrogen) atoms. The number of nitrogens with two attached hydrogens (primary N) is 1. The average molecular weight is 258 g/mol. The van der Waals surface area contributed by atoms with Gasteiger partial charge in [-0.25, -0.2) is 13.1 Å². The third-order valence-corrected chi connectivity index (χ3v) is 3.83. The first-order valence-corrected chi connectivity index (χ1v) is 6.38. The maximum atomic E-state index is 12.1. The number of sulfonamides is 1. The fourth-order valence-electron chi connectivity index (χ4n) is 1.70. The number of alkyl halides is 2. The summed E-state index contributed by atoms with van der Waals surface area (Å²) in [4.78, 5) is 0.175. The predicted molar refractivity (Wildman–Crippen MR) is 56.0 cm³/mol. The zero-order valence-corrected chi connectivity index (χ0v) is 9.45. The van der Waals surface area contributed by atoms with Gasteiger partial charge in [-0.1, -0.05) is 18.6 Å². The molecule has 4 nitrogen and oxygen atoms in total. The maximum Gasteiger partial charge on any atom is 0.350 e. The molecule has 1 rings (SSSR count).